The lowest BCUT2D eigenvalue weighted by Crippen LogP contribution is -2.33. The number of benzene rings is 1. The van der Waals surface area contributed by atoms with Crippen molar-refractivity contribution in [1.29, 1.82) is 0 Å². The number of fused-ring (bicyclic) bond motifs is 5. The molecule has 4 heterocycles. The molecule has 3 aromatic rings. The summed E-state index contributed by atoms with van der Waals surface area (Å²) in [5, 5.41) is 13.4. The zero-order valence-corrected chi connectivity index (χ0v) is 17.2. The fourth-order valence-corrected chi connectivity index (χ4v) is 5.32. The van der Waals surface area contributed by atoms with Gasteiger partial charge in [0.25, 0.3) is 0 Å². The molecule has 0 radical (unpaired) electrons. The third-order valence-corrected chi connectivity index (χ3v) is 7.00. The molecule has 1 saturated heterocycles. The van der Waals surface area contributed by atoms with E-state index >= 15 is 0 Å². The maximum atomic E-state index is 11.3. The minimum atomic E-state index is -0.979. The van der Waals surface area contributed by atoms with E-state index in [9.17, 15) is 5.11 Å². The normalized spacial score (nSPS) is 21.5. The van der Waals surface area contributed by atoms with Gasteiger partial charge >= 0.3 is 0 Å². The zero-order chi connectivity index (χ0) is 19.5. The molecule has 0 aliphatic carbocycles. The van der Waals surface area contributed by atoms with Gasteiger partial charge in [0.2, 0.25) is 0 Å². The second-order valence-corrected chi connectivity index (χ2v) is 8.93. The van der Waals surface area contributed by atoms with Gasteiger partial charge in [-0.3, -0.25) is 9.88 Å². The summed E-state index contributed by atoms with van der Waals surface area (Å²) in [5.41, 5.74) is 4.99. The largest absolute Gasteiger partial charge is 0.384 e. The lowest BCUT2D eigenvalue weighted by Gasteiger charge is -2.32. The van der Waals surface area contributed by atoms with Crippen molar-refractivity contribution >= 4 is 22.5 Å². The van der Waals surface area contributed by atoms with Crippen LogP contribution in [-0.2, 0) is 18.6 Å². The molecule has 28 heavy (non-hydrogen) atoms. The predicted octanol–water partition coefficient (Wildman–Crippen LogP) is 4.60. The standard InChI is InChI=1S/C23H26ClN3O/c1-15-12-17-21(13-18(15)24)27(14-23(2,28)16-5-8-25-9-6-16)20-7-11-26-10-3-4-19(26)22(17)20/h5-6,8-9,12-13,19,28H,3-4,7,10-11,14H2,1-2H3. The molecular weight excluding hydrogens is 370 g/mol. The predicted molar refractivity (Wildman–Crippen MR) is 113 cm³/mol. The van der Waals surface area contributed by atoms with E-state index < -0.39 is 5.60 Å². The Morgan fingerprint density at radius 3 is 2.82 bits per heavy atom. The summed E-state index contributed by atoms with van der Waals surface area (Å²) in [6.07, 6.45) is 6.98. The minimum absolute atomic E-state index is 0.499. The van der Waals surface area contributed by atoms with Crippen LogP contribution in [0.1, 0.15) is 48.2 Å². The Balaban J connectivity index is 1.70. The van der Waals surface area contributed by atoms with Crippen LogP contribution in [0.2, 0.25) is 5.02 Å². The van der Waals surface area contributed by atoms with E-state index in [4.69, 9.17) is 11.6 Å². The molecule has 4 nitrogen and oxygen atoms in total. The van der Waals surface area contributed by atoms with E-state index in [-0.39, 0.29) is 0 Å². The summed E-state index contributed by atoms with van der Waals surface area (Å²) >= 11 is 6.53. The van der Waals surface area contributed by atoms with Gasteiger partial charge in [-0.25, -0.2) is 0 Å². The van der Waals surface area contributed by atoms with E-state index in [0.29, 0.717) is 12.6 Å². The Morgan fingerprint density at radius 2 is 2.04 bits per heavy atom. The number of hydrogen-bond acceptors (Lipinski definition) is 3. The highest BCUT2D eigenvalue weighted by molar-refractivity contribution is 6.32. The van der Waals surface area contributed by atoms with Crippen LogP contribution >= 0.6 is 11.6 Å². The molecule has 0 saturated carbocycles. The molecule has 5 heteroatoms. The molecule has 2 aliphatic heterocycles. The quantitative estimate of drug-likeness (QED) is 0.704. The highest BCUT2D eigenvalue weighted by Crippen LogP contribution is 2.44. The van der Waals surface area contributed by atoms with Gasteiger partial charge in [0, 0.05) is 47.5 Å². The number of aromatic nitrogens is 2. The Labute approximate surface area is 170 Å². The van der Waals surface area contributed by atoms with Crippen molar-refractivity contribution in [2.24, 2.45) is 0 Å². The SMILES string of the molecule is Cc1cc2c3c(n(CC(C)(O)c4ccncc4)c2cc1Cl)CCN1CCCC31. The number of hydrogen-bond donors (Lipinski definition) is 1. The van der Waals surface area contributed by atoms with E-state index in [1.165, 1.54) is 36.0 Å². The molecule has 2 aromatic heterocycles. The molecule has 0 spiro atoms. The van der Waals surface area contributed by atoms with Crippen LogP contribution in [0, 0.1) is 6.92 Å². The smallest absolute Gasteiger partial charge is 0.105 e. The first-order valence-corrected chi connectivity index (χ1v) is 10.5. The third kappa shape index (κ3) is 2.78. The van der Waals surface area contributed by atoms with Crippen molar-refractivity contribution in [2.45, 2.75) is 51.3 Å². The van der Waals surface area contributed by atoms with Crippen molar-refractivity contribution in [3.8, 4) is 0 Å². The molecule has 1 N–H and O–H groups in total. The van der Waals surface area contributed by atoms with E-state index in [1.54, 1.807) is 12.4 Å². The van der Waals surface area contributed by atoms with Crippen molar-refractivity contribution in [3.63, 3.8) is 0 Å². The Hall–Kier alpha value is -1.88. The molecule has 0 bridgehead atoms. The van der Waals surface area contributed by atoms with Gasteiger partial charge in [0.15, 0.2) is 0 Å². The summed E-state index contributed by atoms with van der Waals surface area (Å²) in [5.74, 6) is 0. The molecule has 2 unspecified atom stereocenters. The van der Waals surface area contributed by atoms with Crippen LogP contribution in [-0.4, -0.2) is 32.6 Å². The van der Waals surface area contributed by atoms with Crippen LogP contribution in [0.3, 0.4) is 0 Å². The average molecular weight is 396 g/mol. The van der Waals surface area contributed by atoms with E-state index in [0.717, 1.165) is 34.6 Å². The molecule has 0 amide bonds. The van der Waals surface area contributed by atoms with Crippen LogP contribution in [0.25, 0.3) is 10.9 Å². The van der Waals surface area contributed by atoms with Crippen LogP contribution in [0.15, 0.2) is 36.7 Å². The Morgan fingerprint density at radius 1 is 1.25 bits per heavy atom. The van der Waals surface area contributed by atoms with Gasteiger partial charge in [-0.15, -0.1) is 0 Å². The Bertz CT molecular complexity index is 1040. The van der Waals surface area contributed by atoms with Gasteiger partial charge in [-0.1, -0.05) is 11.6 Å². The summed E-state index contributed by atoms with van der Waals surface area (Å²) in [7, 11) is 0. The molecule has 2 atom stereocenters. The highest BCUT2D eigenvalue weighted by atomic mass is 35.5. The van der Waals surface area contributed by atoms with Gasteiger partial charge in [0.05, 0.1) is 12.1 Å². The maximum Gasteiger partial charge on any atom is 0.105 e. The molecule has 146 valence electrons. The summed E-state index contributed by atoms with van der Waals surface area (Å²) in [6.45, 7) is 6.76. The topological polar surface area (TPSA) is 41.3 Å². The molecule has 1 fully saturated rings. The second-order valence-electron chi connectivity index (χ2n) is 8.52. The van der Waals surface area contributed by atoms with E-state index in [1.807, 2.05) is 19.1 Å². The fraction of sp³-hybridized carbons (Fsp3) is 0.435. The maximum absolute atomic E-state index is 11.3. The number of nitrogens with zero attached hydrogens (tertiary/aromatic N) is 3. The van der Waals surface area contributed by atoms with Gasteiger partial charge in [-0.05, 0) is 74.2 Å². The van der Waals surface area contributed by atoms with Crippen molar-refractivity contribution in [1.82, 2.24) is 14.5 Å². The molecule has 1 aromatic carbocycles. The number of halogens is 1. The van der Waals surface area contributed by atoms with Crippen molar-refractivity contribution in [2.75, 3.05) is 13.1 Å². The van der Waals surface area contributed by atoms with E-state index in [2.05, 4.69) is 33.5 Å². The molecular formula is C23H26ClN3O. The monoisotopic (exact) mass is 395 g/mol. The first kappa shape index (κ1) is 18.2. The lowest BCUT2D eigenvalue weighted by molar-refractivity contribution is 0.0382. The number of pyridine rings is 1. The van der Waals surface area contributed by atoms with Crippen LogP contribution < -0.4 is 0 Å². The summed E-state index contributed by atoms with van der Waals surface area (Å²) < 4.78 is 2.33. The number of aryl methyl sites for hydroxylation is 1. The number of aliphatic hydroxyl groups is 1. The first-order chi connectivity index (χ1) is 13.5. The summed E-state index contributed by atoms with van der Waals surface area (Å²) in [6, 6.07) is 8.63. The summed E-state index contributed by atoms with van der Waals surface area (Å²) in [4.78, 5) is 6.71. The lowest BCUT2D eigenvalue weighted by atomic mass is 9.94. The van der Waals surface area contributed by atoms with Gasteiger partial charge in [-0.2, -0.15) is 0 Å². The van der Waals surface area contributed by atoms with Gasteiger partial charge < -0.3 is 9.67 Å². The Kier molecular flexibility index (Phi) is 4.27. The molecule has 5 rings (SSSR count). The van der Waals surface area contributed by atoms with Gasteiger partial charge in [0.1, 0.15) is 5.60 Å². The van der Waals surface area contributed by atoms with Crippen molar-refractivity contribution < 1.29 is 5.11 Å². The van der Waals surface area contributed by atoms with Crippen LogP contribution in [0.4, 0.5) is 0 Å². The van der Waals surface area contributed by atoms with Crippen molar-refractivity contribution in [3.05, 3.63) is 64.1 Å². The second kappa shape index (κ2) is 6.58. The average Bonchev–Trinajstić information content (AvgIpc) is 3.26. The number of rotatable bonds is 3. The van der Waals surface area contributed by atoms with Crippen LogP contribution in [0.5, 0.6) is 0 Å². The fourth-order valence-electron chi connectivity index (χ4n) is 5.16. The zero-order valence-electron chi connectivity index (χ0n) is 16.5. The first-order valence-electron chi connectivity index (χ1n) is 10.1. The molecule has 2 aliphatic rings. The highest BCUT2D eigenvalue weighted by Gasteiger charge is 2.37. The third-order valence-electron chi connectivity index (χ3n) is 6.60. The minimum Gasteiger partial charge on any atom is -0.384 e.